The molecule has 2 aromatic rings. The highest BCUT2D eigenvalue weighted by Crippen LogP contribution is 2.34. The summed E-state index contributed by atoms with van der Waals surface area (Å²) in [6.07, 6.45) is -3.43. The summed E-state index contributed by atoms with van der Waals surface area (Å²) in [5, 5.41) is 11.7. The molecule has 2 rings (SSSR count). The van der Waals surface area contributed by atoms with Crippen LogP contribution in [0.15, 0.2) is 48.0 Å². The number of rotatable bonds is 3. The van der Waals surface area contributed by atoms with Crippen LogP contribution in [0, 0.1) is 11.3 Å². The van der Waals surface area contributed by atoms with E-state index in [0.29, 0.717) is 10.6 Å². The number of carbonyl (C=O) groups is 1. The Labute approximate surface area is 151 Å². The van der Waals surface area contributed by atoms with Gasteiger partial charge in [0.1, 0.15) is 11.6 Å². The van der Waals surface area contributed by atoms with Crippen LogP contribution in [0.3, 0.4) is 0 Å². The van der Waals surface area contributed by atoms with Crippen molar-refractivity contribution in [3.63, 3.8) is 0 Å². The second-order valence-electron chi connectivity index (χ2n) is 4.84. The average molecular weight is 385 g/mol. The Morgan fingerprint density at radius 2 is 1.80 bits per heavy atom. The van der Waals surface area contributed by atoms with E-state index in [9.17, 15) is 18.0 Å². The maximum Gasteiger partial charge on any atom is 0.418 e. The Bertz CT molecular complexity index is 886. The third kappa shape index (κ3) is 4.75. The first-order valence-electron chi connectivity index (χ1n) is 6.77. The number of alkyl halides is 3. The summed E-state index contributed by atoms with van der Waals surface area (Å²) in [5.41, 5.74) is -1.41. The minimum atomic E-state index is -4.63. The van der Waals surface area contributed by atoms with Gasteiger partial charge in [-0.1, -0.05) is 41.4 Å². The number of anilines is 1. The van der Waals surface area contributed by atoms with Gasteiger partial charge in [-0.25, -0.2) is 0 Å². The molecule has 3 nitrogen and oxygen atoms in total. The molecular formula is C17H9Cl2F3N2O. The number of nitrogens with zero attached hydrogens (tertiary/aromatic N) is 1. The highest BCUT2D eigenvalue weighted by Gasteiger charge is 2.33. The van der Waals surface area contributed by atoms with Gasteiger partial charge in [-0.15, -0.1) is 0 Å². The van der Waals surface area contributed by atoms with Gasteiger partial charge >= 0.3 is 6.18 Å². The minimum Gasteiger partial charge on any atom is -0.321 e. The summed E-state index contributed by atoms with van der Waals surface area (Å²) in [7, 11) is 0. The zero-order chi connectivity index (χ0) is 18.6. The molecule has 0 spiro atoms. The van der Waals surface area contributed by atoms with Gasteiger partial charge in [-0.2, -0.15) is 18.4 Å². The second kappa shape index (κ2) is 7.60. The topological polar surface area (TPSA) is 52.9 Å². The lowest BCUT2D eigenvalue weighted by atomic mass is 10.1. The van der Waals surface area contributed by atoms with Crippen LogP contribution in [0.25, 0.3) is 6.08 Å². The van der Waals surface area contributed by atoms with Crippen LogP contribution in [-0.2, 0) is 11.0 Å². The van der Waals surface area contributed by atoms with Crippen molar-refractivity contribution in [3.05, 3.63) is 69.2 Å². The van der Waals surface area contributed by atoms with Gasteiger partial charge in [0, 0.05) is 0 Å². The highest BCUT2D eigenvalue weighted by molar-refractivity contribution is 6.42. The van der Waals surface area contributed by atoms with Crippen molar-refractivity contribution in [1.29, 1.82) is 5.26 Å². The van der Waals surface area contributed by atoms with Gasteiger partial charge in [0.15, 0.2) is 0 Å². The molecule has 0 aliphatic rings. The van der Waals surface area contributed by atoms with E-state index in [0.717, 1.165) is 12.1 Å². The fourth-order valence-corrected chi connectivity index (χ4v) is 2.25. The van der Waals surface area contributed by atoms with E-state index in [1.165, 1.54) is 36.4 Å². The number of nitrogens with one attached hydrogen (secondary N) is 1. The molecule has 0 unspecified atom stereocenters. The highest BCUT2D eigenvalue weighted by atomic mass is 35.5. The lowest BCUT2D eigenvalue weighted by Gasteiger charge is -2.13. The van der Waals surface area contributed by atoms with E-state index in [4.69, 9.17) is 28.5 Å². The molecule has 0 aromatic heterocycles. The van der Waals surface area contributed by atoms with Gasteiger partial charge < -0.3 is 5.32 Å². The molecule has 0 atom stereocenters. The van der Waals surface area contributed by atoms with E-state index in [-0.39, 0.29) is 10.6 Å². The van der Waals surface area contributed by atoms with Crippen molar-refractivity contribution >= 4 is 40.9 Å². The molecule has 0 bridgehead atoms. The number of carbonyl (C=O) groups excluding carboxylic acids is 1. The molecular weight excluding hydrogens is 376 g/mol. The van der Waals surface area contributed by atoms with Crippen molar-refractivity contribution < 1.29 is 18.0 Å². The molecule has 2 aromatic carbocycles. The first-order valence-corrected chi connectivity index (χ1v) is 7.52. The molecule has 1 N–H and O–H groups in total. The Morgan fingerprint density at radius 3 is 2.40 bits per heavy atom. The second-order valence-corrected chi connectivity index (χ2v) is 5.66. The third-order valence-corrected chi connectivity index (χ3v) is 3.84. The average Bonchev–Trinajstić information content (AvgIpc) is 2.55. The molecule has 128 valence electrons. The summed E-state index contributed by atoms with van der Waals surface area (Å²) in [6.45, 7) is 0. The summed E-state index contributed by atoms with van der Waals surface area (Å²) in [4.78, 5) is 12.2. The van der Waals surface area contributed by atoms with Gasteiger partial charge in [-0.05, 0) is 35.9 Å². The Hall–Kier alpha value is -2.49. The monoisotopic (exact) mass is 384 g/mol. The van der Waals surface area contributed by atoms with Crippen LogP contribution in [0.4, 0.5) is 18.9 Å². The van der Waals surface area contributed by atoms with Crippen molar-refractivity contribution in [3.8, 4) is 6.07 Å². The zero-order valence-electron chi connectivity index (χ0n) is 12.4. The maximum absolute atomic E-state index is 13.0. The lowest BCUT2D eigenvalue weighted by Crippen LogP contribution is -2.17. The summed E-state index contributed by atoms with van der Waals surface area (Å²) in [5.74, 6) is -0.967. The molecule has 0 fully saturated rings. The molecule has 25 heavy (non-hydrogen) atoms. The SMILES string of the molecule is N#C/C(=C\c1ccc(Cl)c(Cl)c1)C(=O)Nc1ccccc1C(F)(F)F. The molecule has 0 aliphatic carbocycles. The number of hydrogen-bond acceptors (Lipinski definition) is 2. The van der Waals surface area contributed by atoms with Crippen molar-refractivity contribution in [2.75, 3.05) is 5.32 Å². The number of amides is 1. The van der Waals surface area contributed by atoms with Gasteiger partial charge in [0.25, 0.3) is 5.91 Å². The predicted octanol–water partition coefficient (Wildman–Crippen LogP) is 5.56. The Balaban J connectivity index is 2.32. The normalized spacial score (nSPS) is 11.8. The van der Waals surface area contributed by atoms with Crippen LogP contribution in [0.5, 0.6) is 0 Å². The van der Waals surface area contributed by atoms with E-state index < -0.39 is 23.3 Å². The number of nitriles is 1. The predicted molar refractivity (Wildman–Crippen MR) is 90.1 cm³/mol. The molecule has 0 saturated carbocycles. The smallest absolute Gasteiger partial charge is 0.321 e. The molecule has 0 aliphatic heterocycles. The Kier molecular flexibility index (Phi) is 5.73. The van der Waals surface area contributed by atoms with E-state index in [1.807, 2.05) is 0 Å². The third-order valence-electron chi connectivity index (χ3n) is 3.10. The molecule has 0 saturated heterocycles. The molecule has 0 radical (unpaired) electrons. The summed E-state index contributed by atoms with van der Waals surface area (Å²) >= 11 is 11.6. The first-order chi connectivity index (χ1) is 11.7. The Morgan fingerprint density at radius 1 is 1.12 bits per heavy atom. The fourth-order valence-electron chi connectivity index (χ4n) is 1.95. The summed E-state index contributed by atoms with van der Waals surface area (Å²) in [6, 6.07) is 10.6. The number of halogens is 5. The summed E-state index contributed by atoms with van der Waals surface area (Å²) < 4.78 is 38.9. The van der Waals surface area contributed by atoms with Gasteiger partial charge in [-0.3, -0.25) is 4.79 Å². The van der Waals surface area contributed by atoms with Crippen LogP contribution < -0.4 is 5.32 Å². The van der Waals surface area contributed by atoms with E-state index in [1.54, 1.807) is 6.07 Å². The van der Waals surface area contributed by atoms with Gasteiger partial charge in [0.2, 0.25) is 0 Å². The molecule has 8 heteroatoms. The van der Waals surface area contributed by atoms with Crippen LogP contribution >= 0.6 is 23.2 Å². The number of para-hydroxylation sites is 1. The molecule has 0 heterocycles. The minimum absolute atomic E-state index is 0.218. The molecule has 1 amide bonds. The zero-order valence-corrected chi connectivity index (χ0v) is 13.9. The van der Waals surface area contributed by atoms with Crippen LogP contribution in [-0.4, -0.2) is 5.91 Å². The van der Waals surface area contributed by atoms with Crippen LogP contribution in [0.2, 0.25) is 10.0 Å². The number of hydrogen-bond donors (Lipinski definition) is 1. The first kappa shape index (κ1) is 18.8. The van der Waals surface area contributed by atoms with E-state index in [2.05, 4.69) is 5.32 Å². The maximum atomic E-state index is 13.0. The number of benzene rings is 2. The standard InChI is InChI=1S/C17H9Cl2F3N2O/c18-13-6-5-10(8-14(13)19)7-11(9-23)16(25)24-15-4-2-1-3-12(15)17(20,21)22/h1-8H,(H,24,25)/b11-7+. The fraction of sp³-hybridized carbons (Fsp3) is 0.0588. The van der Waals surface area contributed by atoms with E-state index >= 15 is 0 Å². The van der Waals surface area contributed by atoms with Crippen molar-refractivity contribution in [1.82, 2.24) is 0 Å². The van der Waals surface area contributed by atoms with Crippen LogP contribution in [0.1, 0.15) is 11.1 Å². The van der Waals surface area contributed by atoms with Gasteiger partial charge in [0.05, 0.1) is 21.3 Å². The largest absolute Gasteiger partial charge is 0.418 e. The van der Waals surface area contributed by atoms with Crippen molar-refractivity contribution in [2.45, 2.75) is 6.18 Å². The van der Waals surface area contributed by atoms with Crippen molar-refractivity contribution in [2.24, 2.45) is 0 Å². The lowest BCUT2D eigenvalue weighted by molar-refractivity contribution is -0.136. The quantitative estimate of drug-likeness (QED) is 0.556.